The Morgan fingerprint density at radius 1 is 1.53 bits per heavy atom. The molecule has 0 aliphatic carbocycles. The van der Waals surface area contributed by atoms with Crippen molar-refractivity contribution >= 4 is 29.1 Å². The van der Waals surface area contributed by atoms with Gasteiger partial charge < -0.3 is 10.2 Å². The van der Waals surface area contributed by atoms with Crippen molar-refractivity contribution in [2.24, 2.45) is 5.25 Å². The average molecular weight is 256 g/mol. The lowest BCUT2D eigenvalue weighted by Crippen LogP contribution is -2.12. The lowest BCUT2D eigenvalue weighted by Gasteiger charge is -2.12. The number of halogens is 1. The minimum atomic E-state index is 0.0706. The maximum absolute atomic E-state index is 11.2. The maximum Gasteiger partial charge on any atom is 0.224 e. The van der Waals surface area contributed by atoms with Gasteiger partial charge in [0.25, 0.3) is 0 Å². The summed E-state index contributed by atoms with van der Waals surface area (Å²) >= 11 is 4.14. The van der Waals surface area contributed by atoms with Crippen molar-refractivity contribution in [1.29, 1.82) is 0 Å². The molecule has 1 heterocycles. The SMILES string of the molecule is CCC(=O)Nc1ccc2c(c1)CCN2C.NCl. The van der Waals surface area contributed by atoms with Crippen LogP contribution in [0.25, 0.3) is 0 Å². The van der Waals surface area contributed by atoms with E-state index in [0.717, 1.165) is 18.7 Å². The molecule has 17 heavy (non-hydrogen) atoms. The number of carbonyl (C=O) groups is 1. The van der Waals surface area contributed by atoms with Gasteiger partial charge in [0.05, 0.1) is 0 Å². The largest absolute Gasteiger partial charge is 0.374 e. The fourth-order valence-electron chi connectivity index (χ4n) is 1.89. The summed E-state index contributed by atoms with van der Waals surface area (Å²) in [7, 11) is 2.09. The highest BCUT2D eigenvalue weighted by molar-refractivity contribution is 6.11. The van der Waals surface area contributed by atoms with E-state index in [2.05, 4.69) is 46.4 Å². The minimum Gasteiger partial charge on any atom is -0.374 e. The zero-order chi connectivity index (χ0) is 12.8. The smallest absolute Gasteiger partial charge is 0.224 e. The van der Waals surface area contributed by atoms with E-state index in [4.69, 9.17) is 0 Å². The second-order valence-electron chi connectivity index (χ2n) is 3.92. The molecule has 1 aliphatic rings. The first-order chi connectivity index (χ1) is 8.20. The highest BCUT2D eigenvalue weighted by Crippen LogP contribution is 2.29. The lowest BCUT2D eigenvalue weighted by molar-refractivity contribution is -0.115. The van der Waals surface area contributed by atoms with Gasteiger partial charge in [-0.2, -0.15) is 0 Å². The van der Waals surface area contributed by atoms with Crippen LogP contribution in [0.15, 0.2) is 18.2 Å². The molecule has 5 heteroatoms. The van der Waals surface area contributed by atoms with Crippen LogP contribution in [0.2, 0.25) is 0 Å². The molecule has 0 unspecified atom stereocenters. The number of hydrogen-bond donors (Lipinski definition) is 2. The Balaban J connectivity index is 0.000000686. The summed E-state index contributed by atoms with van der Waals surface area (Å²) in [5, 5.41) is 6.85. The van der Waals surface area contributed by atoms with Gasteiger partial charge >= 0.3 is 0 Å². The summed E-state index contributed by atoms with van der Waals surface area (Å²) in [5.41, 5.74) is 3.52. The summed E-state index contributed by atoms with van der Waals surface area (Å²) < 4.78 is 0. The molecule has 0 saturated carbocycles. The quantitative estimate of drug-likeness (QED) is 0.796. The molecule has 1 aliphatic heterocycles. The molecule has 2 rings (SSSR count). The number of amides is 1. The Labute approximate surface area is 107 Å². The second-order valence-corrected chi connectivity index (χ2v) is 3.92. The van der Waals surface area contributed by atoms with Crippen molar-refractivity contribution in [1.82, 2.24) is 0 Å². The van der Waals surface area contributed by atoms with Gasteiger partial charge in [-0.05, 0) is 42.0 Å². The van der Waals surface area contributed by atoms with Crippen LogP contribution in [0, 0.1) is 0 Å². The first kappa shape index (κ1) is 13.8. The fourth-order valence-corrected chi connectivity index (χ4v) is 1.89. The molecule has 0 radical (unpaired) electrons. The number of benzene rings is 1. The topological polar surface area (TPSA) is 58.4 Å². The number of nitrogens with two attached hydrogens (primary N) is 1. The first-order valence-corrected chi connectivity index (χ1v) is 6.00. The Morgan fingerprint density at radius 3 is 2.88 bits per heavy atom. The summed E-state index contributed by atoms with van der Waals surface area (Å²) in [6.45, 7) is 2.93. The Hall–Kier alpha value is -1.26. The standard InChI is InChI=1S/C12H16N2O.ClH2N/c1-3-12(15)13-10-4-5-11-9(8-10)6-7-14(11)2;1-2/h4-5,8H,3,6-7H2,1-2H3,(H,13,15);2H2. The van der Waals surface area contributed by atoms with Crippen molar-refractivity contribution in [2.75, 3.05) is 23.8 Å². The number of nitrogens with one attached hydrogen (secondary N) is 1. The lowest BCUT2D eigenvalue weighted by atomic mass is 10.1. The Morgan fingerprint density at radius 2 is 2.24 bits per heavy atom. The number of likely N-dealkylation sites (N-methyl/N-ethyl adjacent to an activating group) is 1. The zero-order valence-electron chi connectivity index (χ0n) is 10.2. The van der Waals surface area contributed by atoms with E-state index in [-0.39, 0.29) is 5.91 Å². The molecule has 3 N–H and O–H groups in total. The van der Waals surface area contributed by atoms with Crippen molar-refractivity contribution in [3.63, 3.8) is 0 Å². The van der Waals surface area contributed by atoms with Crippen molar-refractivity contribution < 1.29 is 4.79 Å². The predicted octanol–water partition coefficient (Wildman–Crippen LogP) is 2.13. The monoisotopic (exact) mass is 255 g/mol. The number of anilines is 2. The summed E-state index contributed by atoms with van der Waals surface area (Å²) in [6, 6.07) is 6.12. The highest BCUT2D eigenvalue weighted by atomic mass is 35.5. The van der Waals surface area contributed by atoms with E-state index in [9.17, 15) is 4.79 Å². The van der Waals surface area contributed by atoms with E-state index in [1.54, 1.807) is 0 Å². The molecule has 94 valence electrons. The van der Waals surface area contributed by atoms with Gasteiger partial charge in [-0.3, -0.25) is 4.79 Å². The van der Waals surface area contributed by atoms with Gasteiger partial charge in [0.1, 0.15) is 0 Å². The van der Waals surface area contributed by atoms with Gasteiger partial charge in [-0.25, -0.2) is 5.25 Å². The normalized spacial score (nSPS) is 12.6. The van der Waals surface area contributed by atoms with E-state index in [1.807, 2.05) is 13.0 Å². The molecule has 0 bridgehead atoms. The molecule has 0 atom stereocenters. The Bertz CT molecular complexity index is 395. The maximum atomic E-state index is 11.2. The summed E-state index contributed by atoms with van der Waals surface area (Å²) in [6.07, 6.45) is 1.60. The number of carbonyl (C=O) groups excluding carboxylic acids is 1. The van der Waals surface area contributed by atoms with E-state index >= 15 is 0 Å². The van der Waals surface area contributed by atoms with Crippen LogP contribution in [-0.2, 0) is 11.2 Å². The fraction of sp³-hybridized carbons (Fsp3) is 0.417. The molecule has 0 fully saturated rings. The minimum absolute atomic E-state index is 0.0706. The van der Waals surface area contributed by atoms with Gasteiger partial charge in [0.15, 0.2) is 0 Å². The van der Waals surface area contributed by atoms with Crippen LogP contribution in [-0.4, -0.2) is 19.5 Å². The van der Waals surface area contributed by atoms with Crippen LogP contribution in [0.5, 0.6) is 0 Å². The van der Waals surface area contributed by atoms with Gasteiger partial charge in [0.2, 0.25) is 5.91 Å². The molecular formula is C12H18ClN3O. The van der Waals surface area contributed by atoms with Crippen molar-refractivity contribution in [3.8, 4) is 0 Å². The third-order valence-electron chi connectivity index (χ3n) is 2.81. The van der Waals surface area contributed by atoms with E-state index < -0.39 is 0 Å². The predicted molar refractivity (Wildman–Crippen MR) is 72.4 cm³/mol. The van der Waals surface area contributed by atoms with Gasteiger partial charge in [0, 0.05) is 31.4 Å². The van der Waals surface area contributed by atoms with Crippen LogP contribution in [0.1, 0.15) is 18.9 Å². The molecular weight excluding hydrogens is 238 g/mol. The number of nitrogens with zero attached hydrogens (tertiary/aromatic N) is 1. The molecule has 1 aromatic rings. The van der Waals surface area contributed by atoms with Crippen LogP contribution < -0.4 is 15.5 Å². The zero-order valence-corrected chi connectivity index (χ0v) is 10.9. The first-order valence-electron chi connectivity index (χ1n) is 5.56. The highest BCUT2D eigenvalue weighted by Gasteiger charge is 2.15. The van der Waals surface area contributed by atoms with Gasteiger partial charge in [-0.15, -0.1) is 0 Å². The van der Waals surface area contributed by atoms with Crippen LogP contribution in [0.4, 0.5) is 11.4 Å². The van der Waals surface area contributed by atoms with Crippen LogP contribution in [0.3, 0.4) is 0 Å². The third-order valence-corrected chi connectivity index (χ3v) is 2.81. The van der Waals surface area contributed by atoms with E-state index in [0.29, 0.717) is 6.42 Å². The molecule has 0 aromatic heterocycles. The molecule has 0 saturated heterocycles. The third kappa shape index (κ3) is 3.35. The number of rotatable bonds is 2. The van der Waals surface area contributed by atoms with Crippen molar-refractivity contribution in [2.45, 2.75) is 19.8 Å². The molecule has 1 amide bonds. The number of hydrogen-bond acceptors (Lipinski definition) is 3. The number of fused-ring (bicyclic) bond motifs is 1. The molecule has 4 nitrogen and oxygen atoms in total. The Kier molecular flexibility index (Phi) is 5.25. The van der Waals surface area contributed by atoms with Crippen molar-refractivity contribution in [3.05, 3.63) is 23.8 Å². The summed E-state index contributed by atoms with van der Waals surface area (Å²) in [4.78, 5) is 13.5. The second kappa shape index (κ2) is 6.47. The summed E-state index contributed by atoms with van der Waals surface area (Å²) in [5.74, 6) is 0.0706. The molecule has 1 aromatic carbocycles. The van der Waals surface area contributed by atoms with Gasteiger partial charge in [-0.1, -0.05) is 6.92 Å². The van der Waals surface area contributed by atoms with E-state index in [1.165, 1.54) is 11.3 Å². The molecule has 0 spiro atoms. The van der Waals surface area contributed by atoms with Crippen LogP contribution >= 0.6 is 11.8 Å². The average Bonchev–Trinajstić information content (AvgIpc) is 2.73.